The highest BCUT2D eigenvalue weighted by Gasteiger charge is 2.68. The van der Waals surface area contributed by atoms with Gasteiger partial charge >= 0.3 is 12.4 Å². The van der Waals surface area contributed by atoms with Crippen molar-refractivity contribution >= 4 is 11.8 Å². The van der Waals surface area contributed by atoms with E-state index in [1.807, 2.05) is 30.3 Å². The quantitative estimate of drug-likeness (QED) is 0.444. The third-order valence-corrected chi connectivity index (χ3v) is 8.20. The fourth-order valence-corrected chi connectivity index (χ4v) is 5.61. The zero-order chi connectivity index (χ0) is 27.9. The minimum absolute atomic E-state index is 0.0307. The summed E-state index contributed by atoms with van der Waals surface area (Å²) in [7, 11) is 0. The summed E-state index contributed by atoms with van der Waals surface area (Å²) in [5, 5.41) is 0. The minimum Gasteiger partial charge on any atom is -0.343 e. The Balaban J connectivity index is 1.60. The van der Waals surface area contributed by atoms with Crippen LogP contribution in [0.4, 0.5) is 26.3 Å². The molecule has 0 aliphatic carbocycles. The molecule has 2 aliphatic rings. The number of halogens is 6. The number of nitrogens with zero attached hydrogens (tertiary/aromatic N) is 2. The zero-order valence-corrected chi connectivity index (χ0v) is 21.1. The Labute approximate surface area is 217 Å². The number of alkyl halides is 6. The molecule has 206 valence electrons. The van der Waals surface area contributed by atoms with Gasteiger partial charge in [0.1, 0.15) is 0 Å². The molecular formula is C28H30F6N2O2. The van der Waals surface area contributed by atoms with Crippen LogP contribution in [0.2, 0.25) is 0 Å². The number of likely N-dealkylation sites (tertiary alicyclic amines) is 2. The van der Waals surface area contributed by atoms with Crippen molar-refractivity contribution in [3.8, 4) is 0 Å². The molecule has 2 aliphatic heterocycles. The van der Waals surface area contributed by atoms with E-state index in [-0.39, 0.29) is 36.5 Å². The lowest BCUT2D eigenvalue weighted by atomic mass is 9.78. The average Bonchev–Trinajstić information content (AvgIpc) is 3.32. The number of benzene rings is 2. The van der Waals surface area contributed by atoms with Gasteiger partial charge < -0.3 is 9.80 Å². The maximum absolute atomic E-state index is 13.6. The van der Waals surface area contributed by atoms with Crippen LogP contribution in [0.15, 0.2) is 54.6 Å². The summed E-state index contributed by atoms with van der Waals surface area (Å²) < 4.78 is 81.4. The molecule has 0 aromatic heterocycles. The number of carbonyl (C=O) groups is 2. The topological polar surface area (TPSA) is 40.6 Å². The van der Waals surface area contributed by atoms with E-state index in [1.54, 1.807) is 9.80 Å². The summed E-state index contributed by atoms with van der Waals surface area (Å²) in [5.74, 6) is -0.759. The van der Waals surface area contributed by atoms with Crippen molar-refractivity contribution in [3.05, 3.63) is 71.3 Å². The van der Waals surface area contributed by atoms with Crippen molar-refractivity contribution in [1.29, 1.82) is 0 Å². The molecule has 2 aromatic carbocycles. The van der Waals surface area contributed by atoms with Crippen LogP contribution in [0.5, 0.6) is 0 Å². The molecule has 2 fully saturated rings. The monoisotopic (exact) mass is 540 g/mol. The van der Waals surface area contributed by atoms with E-state index in [0.717, 1.165) is 17.7 Å². The predicted octanol–water partition coefficient (Wildman–Crippen LogP) is 6.04. The molecule has 0 spiro atoms. The Morgan fingerprint density at radius 2 is 1.21 bits per heavy atom. The van der Waals surface area contributed by atoms with Gasteiger partial charge in [-0.2, -0.15) is 26.3 Å². The van der Waals surface area contributed by atoms with Crippen LogP contribution in [0, 0.1) is 5.92 Å². The van der Waals surface area contributed by atoms with E-state index in [4.69, 9.17) is 0 Å². The van der Waals surface area contributed by atoms with E-state index in [0.29, 0.717) is 44.6 Å². The molecule has 2 heterocycles. The van der Waals surface area contributed by atoms with Gasteiger partial charge in [0, 0.05) is 50.9 Å². The van der Waals surface area contributed by atoms with E-state index in [2.05, 4.69) is 0 Å². The summed E-state index contributed by atoms with van der Waals surface area (Å²) in [4.78, 5) is 28.5. The second kappa shape index (κ2) is 10.3. The molecule has 38 heavy (non-hydrogen) atoms. The first-order chi connectivity index (χ1) is 17.7. The van der Waals surface area contributed by atoms with Crippen LogP contribution in [0.25, 0.3) is 0 Å². The molecule has 2 amide bonds. The van der Waals surface area contributed by atoms with Gasteiger partial charge in [-0.15, -0.1) is 0 Å². The first kappa shape index (κ1) is 28.0. The summed E-state index contributed by atoms with van der Waals surface area (Å²) in [6.07, 6.45) is -9.93. The Kier molecular flexibility index (Phi) is 7.56. The Bertz CT molecular complexity index is 1120. The standard InChI is InChI=1S/C28H30F6N2O2/c1-18(37)35-14-12-21(13-15-35)25(38)36-16-23(19-6-4-3-5-7-19)24(17-36)20-8-10-22(11-9-20)26(2,27(29,30)31)28(32,33)34/h3-11,21,23-24H,12-17H2,1-2H3/t23-,24-/m0/s1. The zero-order valence-electron chi connectivity index (χ0n) is 21.1. The van der Waals surface area contributed by atoms with Gasteiger partial charge in [0.2, 0.25) is 11.8 Å². The minimum atomic E-state index is -5.52. The molecule has 0 unspecified atom stereocenters. The lowest BCUT2D eigenvalue weighted by molar-refractivity contribution is -0.297. The van der Waals surface area contributed by atoms with E-state index in [9.17, 15) is 35.9 Å². The highest BCUT2D eigenvalue weighted by Crippen LogP contribution is 2.52. The van der Waals surface area contributed by atoms with Crippen molar-refractivity contribution in [2.75, 3.05) is 26.2 Å². The highest BCUT2D eigenvalue weighted by atomic mass is 19.4. The molecule has 2 atom stereocenters. The third kappa shape index (κ3) is 5.14. The lowest BCUT2D eigenvalue weighted by Crippen LogP contribution is -2.51. The van der Waals surface area contributed by atoms with Gasteiger partial charge in [0.25, 0.3) is 0 Å². The first-order valence-electron chi connectivity index (χ1n) is 12.6. The second-order valence-electron chi connectivity index (χ2n) is 10.4. The molecule has 2 aromatic rings. The van der Waals surface area contributed by atoms with Crippen LogP contribution in [0.1, 0.15) is 55.2 Å². The fraction of sp³-hybridized carbons (Fsp3) is 0.500. The smallest absolute Gasteiger partial charge is 0.343 e. The third-order valence-electron chi connectivity index (χ3n) is 8.20. The Morgan fingerprint density at radius 1 is 0.737 bits per heavy atom. The molecule has 0 saturated carbocycles. The number of rotatable bonds is 4. The van der Waals surface area contributed by atoms with Gasteiger partial charge in [-0.25, -0.2) is 0 Å². The van der Waals surface area contributed by atoms with Gasteiger partial charge in [0.15, 0.2) is 5.41 Å². The normalized spacial score (nSPS) is 21.6. The second-order valence-corrected chi connectivity index (χ2v) is 10.4. The number of carbonyl (C=O) groups excluding carboxylic acids is 2. The van der Waals surface area contributed by atoms with E-state index in [1.165, 1.54) is 19.1 Å². The summed E-state index contributed by atoms with van der Waals surface area (Å²) in [5.41, 5.74) is -3.35. The summed E-state index contributed by atoms with van der Waals surface area (Å²) >= 11 is 0. The maximum Gasteiger partial charge on any atom is 0.406 e. The predicted molar refractivity (Wildman–Crippen MR) is 129 cm³/mol. The number of hydrogen-bond donors (Lipinski definition) is 0. The van der Waals surface area contributed by atoms with Crippen molar-refractivity contribution in [2.24, 2.45) is 5.92 Å². The van der Waals surface area contributed by atoms with Crippen LogP contribution in [-0.2, 0) is 15.0 Å². The number of hydrogen-bond acceptors (Lipinski definition) is 2. The lowest BCUT2D eigenvalue weighted by Gasteiger charge is -2.34. The SMILES string of the molecule is CC(=O)N1CCC(C(=O)N2C[C@@H](c3ccccc3)[C@H](c3ccc(C(C)(C(F)(F)F)C(F)(F)F)cc3)C2)CC1. The molecule has 2 saturated heterocycles. The van der Waals surface area contributed by atoms with Crippen LogP contribution < -0.4 is 0 Å². The van der Waals surface area contributed by atoms with Gasteiger partial charge in [-0.1, -0.05) is 54.6 Å². The van der Waals surface area contributed by atoms with Crippen LogP contribution in [-0.4, -0.2) is 60.1 Å². The number of piperidine rings is 1. The summed E-state index contributed by atoms with van der Waals surface area (Å²) in [6, 6.07) is 13.8. The van der Waals surface area contributed by atoms with Crippen molar-refractivity contribution in [1.82, 2.24) is 9.80 Å². The molecule has 4 nitrogen and oxygen atoms in total. The van der Waals surface area contributed by atoms with Crippen molar-refractivity contribution < 1.29 is 35.9 Å². The summed E-state index contributed by atoms with van der Waals surface area (Å²) in [6.45, 7) is 3.36. The maximum atomic E-state index is 13.6. The average molecular weight is 541 g/mol. The first-order valence-corrected chi connectivity index (χ1v) is 12.6. The molecule has 4 rings (SSSR count). The van der Waals surface area contributed by atoms with E-state index < -0.39 is 23.3 Å². The molecule has 10 heteroatoms. The largest absolute Gasteiger partial charge is 0.406 e. The van der Waals surface area contributed by atoms with E-state index >= 15 is 0 Å². The number of amides is 2. The molecular weight excluding hydrogens is 510 g/mol. The Hall–Kier alpha value is -3.04. The van der Waals surface area contributed by atoms with Crippen LogP contribution >= 0.6 is 0 Å². The van der Waals surface area contributed by atoms with Crippen molar-refractivity contribution in [2.45, 2.75) is 56.3 Å². The van der Waals surface area contributed by atoms with Gasteiger partial charge in [-0.3, -0.25) is 9.59 Å². The molecule has 0 N–H and O–H groups in total. The van der Waals surface area contributed by atoms with Crippen molar-refractivity contribution in [3.63, 3.8) is 0 Å². The highest BCUT2D eigenvalue weighted by molar-refractivity contribution is 5.80. The Morgan fingerprint density at radius 3 is 1.66 bits per heavy atom. The molecule has 0 radical (unpaired) electrons. The van der Waals surface area contributed by atoms with Gasteiger partial charge in [0.05, 0.1) is 0 Å². The molecule has 0 bridgehead atoms. The van der Waals surface area contributed by atoms with Gasteiger partial charge in [-0.05, 0) is 36.5 Å². The fourth-order valence-electron chi connectivity index (χ4n) is 5.61. The van der Waals surface area contributed by atoms with Crippen LogP contribution in [0.3, 0.4) is 0 Å².